The third kappa shape index (κ3) is 7.78. The lowest BCUT2D eigenvalue weighted by molar-refractivity contribution is -0.142. The standard InChI is InChI=1S/C31H40N2O7/c1-6-31(32(4)5,28(35)24-11-13-26(14-12-24)33-15-17-38-18-16-33)19-23-7-9-25(10-8-23)30(37)40-21-27(34)20-39-29(36)22(2)3/h7-14,27,34H,2,6,15-21H2,1,3-5H3. The minimum Gasteiger partial charge on any atom is -0.459 e. The first-order valence-corrected chi connectivity index (χ1v) is 13.5. The monoisotopic (exact) mass is 552 g/mol. The molecule has 1 aliphatic heterocycles. The Hall–Kier alpha value is -3.53. The molecule has 2 aromatic rings. The first kappa shape index (κ1) is 31.0. The minimum atomic E-state index is -1.15. The van der Waals surface area contributed by atoms with Crippen LogP contribution in [-0.2, 0) is 25.4 Å². The maximum absolute atomic E-state index is 13.9. The van der Waals surface area contributed by atoms with Crippen LogP contribution in [0.4, 0.5) is 5.69 Å². The molecule has 0 bridgehead atoms. The van der Waals surface area contributed by atoms with E-state index in [2.05, 4.69) is 11.5 Å². The molecule has 9 heteroatoms. The van der Waals surface area contributed by atoms with Crippen molar-refractivity contribution in [3.8, 4) is 0 Å². The molecule has 1 N–H and O–H groups in total. The van der Waals surface area contributed by atoms with Crippen molar-refractivity contribution in [3.05, 3.63) is 77.4 Å². The second-order valence-electron chi connectivity index (χ2n) is 10.3. The number of nitrogens with zero attached hydrogens (tertiary/aromatic N) is 2. The molecule has 1 fully saturated rings. The Bertz CT molecular complexity index is 1170. The molecule has 1 saturated heterocycles. The second-order valence-corrected chi connectivity index (χ2v) is 10.3. The lowest BCUT2D eigenvalue weighted by atomic mass is 9.80. The molecule has 2 unspecified atom stereocenters. The van der Waals surface area contributed by atoms with Crippen molar-refractivity contribution in [1.82, 2.24) is 4.90 Å². The van der Waals surface area contributed by atoms with Crippen LogP contribution in [0, 0.1) is 0 Å². The Labute approximate surface area is 236 Å². The summed E-state index contributed by atoms with van der Waals surface area (Å²) in [5.41, 5.74) is 2.39. The zero-order chi connectivity index (χ0) is 29.3. The predicted octanol–water partition coefficient (Wildman–Crippen LogP) is 3.30. The number of esters is 2. The average molecular weight is 553 g/mol. The SMILES string of the molecule is C=C(C)C(=O)OCC(O)COC(=O)c1ccc(CC(CC)(C(=O)c2ccc(N3CCOCC3)cc2)N(C)C)cc1. The lowest BCUT2D eigenvalue weighted by Gasteiger charge is -2.38. The van der Waals surface area contributed by atoms with E-state index in [1.165, 1.54) is 6.92 Å². The number of carbonyl (C=O) groups is 3. The number of benzene rings is 2. The van der Waals surface area contributed by atoms with E-state index in [1.54, 1.807) is 12.1 Å². The molecule has 0 radical (unpaired) electrons. The van der Waals surface area contributed by atoms with Gasteiger partial charge in [0.15, 0.2) is 5.78 Å². The van der Waals surface area contributed by atoms with E-state index in [4.69, 9.17) is 14.2 Å². The third-order valence-electron chi connectivity index (χ3n) is 7.22. The normalized spacial score (nSPS) is 15.7. The molecule has 2 aromatic carbocycles. The molecule has 0 amide bonds. The highest BCUT2D eigenvalue weighted by atomic mass is 16.6. The molecule has 0 aliphatic carbocycles. The number of anilines is 1. The summed E-state index contributed by atoms with van der Waals surface area (Å²) in [5, 5.41) is 9.93. The van der Waals surface area contributed by atoms with Crippen molar-refractivity contribution < 1.29 is 33.7 Å². The number of hydrogen-bond acceptors (Lipinski definition) is 9. The van der Waals surface area contributed by atoms with Crippen molar-refractivity contribution in [2.24, 2.45) is 0 Å². The van der Waals surface area contributed by atoms with Crippen LogP contribution < -0.4 is 4.90 Å². The molecule has 2 atom stereocenters. The molecule has 216 valence electrons. The maximum Gasteiger partial charge on any atom is 0.338 e. The quantitative estimate of drug-likeness (QED) is 0.228. The van der Waals surface area contributed by atoms with Crippen LogP contribution in [0.5, 0.6) is 0 Å². The number of morpholine rings is 1. The first-order valence-electron chi connectivity index (χ1n) is 13.5. The van der Waals surface area contributed by atoms with E-state index in [0.29, 0.717) is 37.2 Å². The van der Waals surface area contributed by atoms with Gasteiger partial charge in [0, 0.05) is 29.9 Å². The van der Waals surface area contributed by atoms with E-state index < -0.39 is 23.6 Å². The van der Waals surface area contributed by atoms with Gasteiger partial charge in [0.2, 0.25) is 0 Å². The predicted molar refractivity (Wildman–Crippen MR) is 153 cm³/mol. The summed E-state index contributed by atoms with van der Waals surface area (Å²) < 4.78 is 15.5. The number of ketones is 1. The summed E-state index contributed by atoms with van der Waals surface area (Å²) >= 11 is 0. The van der Waals surface area contributed by atoms with Crippen molar-refractivity contribution in [1.29, 1.82) is 0 Å². The number of carbonyl (C=O) groups excluding carboxylic acids is 3. The van der Waals surface area contributed by atoms with Gasteiger partial charge in [-0.15, -0.1) is 0 Å². The van der Waals surface area contributed by atoms with Gasteiger partial charge >= 0.3 is 11.9 Å². The largest absolute Gasteiger partial charge is 0.459 e. The van der Waals surface area contributed by atoms with Gasteiger partial charge in [-0.2, -0.15) is 0 Å². The molecular formula is C31H40N2O7. The topological polar surface area (TPSA) is 106 Å². The van der Waals surface area contributed by atoms with E-state index in [9.17, 15) is 19.5 Å². The van der Waals surface area contributed by atoms with Crippen LogP contribution >= 0.6 is 0 Å². The smallest absolute Gasteiger partial charge is 0.338 e. The van der Waals surface area contributed by atoms with Gasteiger partial charge in [-0.25, -0.2) is 9.59 Å². The highest BCUT2D eigenvalue weighted by Crippen LogP contribution is 2.29. The highest BCUT2D eigenvalue weighted by molar-refractivity contribution is 6.03. The first-order chi connectivity index (χ1) is 19.1. The molecule has 1 aliphatic rings. The van der Waals surface area contributed by atoms with Gasteiger partial charge in [0.1, 0.15) is 19.3 Å². The highest BCUT2D eigenvalue weighted by Gasteiger charge is 2.39. The Morgan fingerprint density at radius 3 is 2.12 bits per heavy atom. The van der Waals surface area contributed by atoms with Crippen LogP contribution in [0.3, 0.4) is 0 Å². The Kier molecular flexibility index (Phi) is 11.0. The van der Waals surface area contributed by atoms with E-state index in [-0.39, 0.29) is 24.6 Å². The molecule has 0 aromatic heterocycles. The summed E-state index contributed by atoms with van der Waals surface area (Å²) in [7, 11) is 3.82. The van der Waals surface area contributed by atoms with Gasteiger partial charge in [-0.1, -0.05) is 25.6 Å². The minimum absolute atomic E-state index is 0.0401. The number of Topliss-reactive ketones (excluding diaryl/α,β-unsaturated/α-hetero) is 1. The van der Waals surface area contributed by atoms with Crippen LogP contribution in [0.25, 0.3) is 0 Å². The van der Waals surface area contributed by atoms with Gasteiger partial charge in [0.05, 0.1) is 24.3 Å². The van der Waals surface area contributed by atoms with Gasteiger partial charge in [-0.3, -0.25) is 9.69 Å². The van der Waals surface area contributed by atoms with Crippen LogP contribution in [-0.4, -0.2) is 93.0 Å². The molecular weight excluding hydrogens is 512 g/mol. The van der Waals surface area contributed by atoms with Crippen LogP contribution in [0.15, 0.2) is 60.7 Å². The summed E-state index contributed by atoms with van der Waals surface area (Å²) in [6.07, 6.45) is -0.0876. The summed E-state index contributed by atoms with van der Waals surface area (Å²) in [6.45, 7) is 9.42. The number of aliphatic hydroxyl groups excluding tert-OH is 1. The van der Waals surface area contributed by atoms with Gasteiger partial charge in [-0.05, 0) is 75.8 Å². The second kappa shape index (κ2) is 14.2. The summed E-state index contributed by atoms with van der Waals surface area (Å²) in [6, 6.07) is 14.7. The van der Waals surface area contributed by atoms with Crippen molar-refractivity contribution in [2.45, 2.75) is 38.3 Å². The third-order valence-corrected chi connectivity index (χ3v) is 7.22. The Balaban J connectivity index is 1.65. The summed E-state index contributed by atoms with van der Waals surface area (Å²) in [4.78, 5) is 42.0. The molecule has 3 rings (SSSR count). The van der Waals surface area contributed by atoms with Crippen molar-refractivity contribution in [3.63, 3.8) is 0 Å². The molecule has 1 heterocycles. The van der Waals surface area contributed by atoms with Crippen molar-refractivity contribution in [2.75, 3.05) is 58.5 Å². The van der Waals surface area contributed by atoms with E-state index in [1.807, 2.05) is 62.3 Å². The van der Waals surface area contributed by atoms with E-state index in [0.717, 1.165) is 24.3 Å². The Morgan fingerprint density at radius 2 is 1.57 bits per heavy atom. The number of hydrogen-bond donors (Lipinski definition) is 1. The molecule has 40 heavy (non-hydrogen) atoms. The molecule has 0 spiro atoms. The fourth-order valence-corrected chi connectivity index (χ4v) is 4.65. The fraction of sp³-hybridized carbons (Fsp3) is 0.452. The average Bonchev–Trinajstić information content (AvgIpc) is 2.97. The molecule has 9 nitrogen and oxygen atoms in total. The number of likely N-dealkylation sites (N-methyl/N-ethyl adjacent to an activating group) is 1. The van der Waals surface area contributed by atoms with Crippen LogP contribution in [0.1, 0.15) is 46.5 Å². The number of aliphatic hydroxyl groups is 1. The van der Waals surface area contributed by atoms with Crippen LogP contribution in [0.2, 0.25) is 0 Å². The zero-order valence-corrected chi connectivity index (χ0v) is 23.9. The fourth-order valence-electron chi connectivity index (χ4n) is 4.65. The van der Waals surface area contributed by atoms with Crippen molar-refractivity contribution >= 4 is 23.4 Å². The van der Waals surface area contributed by atoms with Gasteiger partial charge < -0.3 is 24.2 Å². The maximum atomic E-state index is 13.9. The number of ether oxygens (including phenoxy) is 3. The lowest BCUT2D eigenvalue weighted by Crippen LogP contribution is -2.52. The number of rotatable bonds is 13. The zero-order valence-electron chi connectivity index (χ0n) is 23.9. The summed E-state index contributed by atoms with van der Waals surface area (Å²) in [5.74, 6) is -1.19. The Morgan fingerprint density at radius 1 is 1.00 bits per heavy atom. The van der Waals surface area contributed by atoms with Gasteiger partial charge in [0.25, 0.3) is 0 Å². The van der Waals surface area contributed by atoms with E-state index >= 15 is 0 Å². The molecule has 0 saturated carbocycles.